The van der Waals surface area contributed by atoms with Gasteiger partial charge in [-0.25, -0.2) is 4.79 Å². The number of rotatable bonds is 8. The van der Waals surface area contributed by atoms with Gasteiger partial charge in [-0.05, 0) is 54.4 Å². The molecule has 0 amide bonds. The van der Waals surface area contributed by atoms with Crippen molar-refractivity contribution in [2.45, 2.75) is 25.6 Å². The minimum atomic E-state index is -1.36. The number of aliphatic hydroxyl groups is 1. The summed E-state index contributed by atoms with van der Waals surface area (Å²) in [5.74, 6) is -0.649. The molecule has 0 fully saturated rings. The maximum absolute atomic E-state index is 12.5. The molecule has 3 rings (SSSR count). The van der Waals surface area contributed by atoms with E-state index in [0.29, 0.717) is 11.6 Å². The summed E-state index contributed by atoms with van der Waals surface area (Å²) in [5, 5.41) is 11.7. The normalized spacial score (nSPS) is 12.8. The lowest BCUT2D eigenvalue weighted by Gasteiger charge is -2.36. The molecule has 0 radical (unpaired) electrons. The zero-order chi connectivity index (χ0) is 21.5. The Balaban J connectivity index is 2.08. The maximum Gasteiger partial charge on any atom is 0.337 e. The highest BCUT2D eigenvalue weighted by Gasteiger charge is 2.34. The number of esters is 1. The zero-order valence-electron chi connectivity index (χ0n) is 16.5. The van der Waals surface area contributed by atoms with Crippen LogP contribution in [0, 0.1) is 0 Å². The Morgan fingerprint density at radius 3 is 2.27 bits per heavy atom. The van der Waals surface area contributed by atoms with Crippen molar-refractivity contribution in [3.8, 4) is 0 Å². The lowest BCUT2D eigenvalue weighted by atomic mass is 9.97. The van der Waals surface area contributed by atoms with Gasteiger partial charge in [-0.15, -0.1) is 0 Å². The Hall–Kier alpha value is -2.34. The summed E-state index contributed by atoms with van der Waals surface area (Å²) in [6, 6.07) is 24.2. The Bertz CT molecular complexity index is 948. The molecule has 0 saturated heterocycles. The van der Waals surface area contributed by atoms with Crippen LogP contribution in [-0.2, 0) is 16.1 Å². The summed E-state index contributed by atoms with van der Waals surface area (Å²) in [7, 11) is 0. The highest BCUT2D eigenvalue weighted by atomic mass is 79.9. The first-order valence-electron chi connectivity index (χ1n) is 9.66. The molecule has 6 heteroatoms. The van der Waals surface area contributed by atoms with Crippen LogP contribution < -0.4 is 4.90 Å². The van der Waals surface area contributed by atoms with Crippen LogP contribution >= 0.6 is 27.5 Å². The minimum Gasteiger partial charge on any atom is -0.464 e. The second-order valence-electron chi connectivity index (χ2n) is 6.78. The first kappa shape index (κ1) is 22.3. The van der Waals surface area contributed by atoms with E-state index in [0.717, 1.165) is 21.3 Å². The Kier molecular flexibility index (Phi) is 7.91. The predicted molar refractivity (Wildman–Crippen MR) is 124 cm³/mol. The largest absolute Gasteiger partial charge is 0.464 e. The molecule has 0 bridgehead atoms. The van der Waals surface area contributed by atoms with Crippen molar-refractivity contribution in [1.29, 1.82) is 0 Å². The Morgan fingerprint density at radius 1 is 1.03 bits per heavy atom. The first-order valence-corrected chi connectivity index (χ1v) is 10.8. The van der Waals surface area contributed by atoms with E-state index in [-0.39, 0.29) is 6.61 Å². The number of hydrogen-bond donors (Lipinski definition) is 1. The zero-order valence-corrected chi connectivity index (χ0v) is 18.9. The van der Waals surface area contributed by atoms with Crippen molar-refractivity contribution < 1.29 is 14.6 Å². The molecule has 0 heterocycles. The van der Waals surface area contributed by atoms with Gasteiger partial charge in [0.1, 0.15) is 0 Å². The fourth-order valence-electron chi connectivity index (χ4n) is 3.31. The lowest BCUT2D eigenvalue weighted by Crippen LogP contribution is -2.41. The molecule has 156 valence electrons. The molecule has 4 nitrogen and oxygen atoms in total. The Morgan fingerprint density at radius 2 is 1.67 bits per heavy atom. The summed E-state index contributed by atoms with van der Waals surface area (Å²) >= 11 is 9.52. The van der Waals surface area contributed by atoms with Crippen LogP contribution in [-0.4, -0.2) is 23.8 Å². The molecule has 0 aliphatic heterocycles. The van der Waals surface area contributed by atoms with Gasteiger partial charge in [0, 0.05) is 21.7 Å². The van der Waals surface area contributed by atoms with Gasteiger partial charge in [0.25, 0.3) is 0 Å². The third-order valence-corrected chi connectivity index (χ3v) is 5.51. The van der Waals surface area contributed by atoms with Gasteiger partial charge >= 0.3 is 5.97 Å². The van der Waals surface area contributed by atoms with Gasteiger partial charge in [-0.1, -0.05) is 70.0 Å². The number of hydrogen-bond acceptors (Lipinski definition) is 4. The molecule has 0 spiro atoms. The second kappa shape index (κ2) is 10.6. The highest BCUT2D eigenvalue weighted by molar-refractivity contribution is 9.10. The summed E-state index contributed by atoms with van der Waals surface area (Å²) < 4.78 is 6.08. The van der Waals surface area contributed by atoms with E-state index in [1.807, 2.05) is 83.8 Å². The van der Waals surface area contributed by atoms with Gasteiger partial charge in [0.2, 0.25) is 0 Å². The van der Waals surface area contributed by atoms with Crippen LogP contribution in [0.5, 0.6) is 0 Å². The van der Waals surface area contributed by atoms with Crippen LogP contribution in [0.2, 0.25) is 5.02 Å². The molecule has 0 aliphatic carbocycles. The topological polar surface area (TPSA) is 49.8 Å². The molecule has 3 aromatic carbocycles. The van der Waals surface area contributed by atoms with E-state index in [2.05, 4.69) is 15.9 Å². The number of carbonyl (C=O) groups excluding carboxylic acids is 1. The number of anilines is 1. The SMILES string of the molecule is CCOC(=O)[C@H](O)[C@@H](c1ccccc1)N(Cc1ccc(Cl)cc1)c1ccc(Br)cc1. The summed E-state index contributed by atoms with van der Waals surface area (Å²) in [6.07, 6.45) is -1.36. The van der Waals surface area contributed by atoms with E-state index < -0.39 is 18.1 Å². The van der Waals surface area contributed by atoms with Crippen LogP contribution in [0.25, 0.3) is 0 Å². The smallest absolute Gasteiger partial charge is 0.337 e. The van der Waals surface area contributed by atoms with Crippen molar-refractivity contribution in [1.82, 2.24) is 0 Å². The van der Waals surface area contributed by atoms with Gasteiger partial charge in [-0.2, -0.15) is 0 Å². The van der Waals surface area contributed by atoms with Gasteiger partial charge in [0.15, 0.2) is 6.10 Å². The molecule has 1 N–H and O–H groups in total. The van der Waals surface area contributed by atoms with Gasteiger partial charge < -0.3 is 14.7 Å². The molecular weight excluding hydrogens is 466 g/mol. The number of carbonyl (C=O) groups is 1. The van der Waals surface area contributed by atoms with E-state index in [1.54, 1.807) is 6.92 Å². The van der Waals surface area contributed by atoms with E-state index >= 15 is 0 Å². The first-order chi connectivity index (χ1) is 14.5. The molecule has 0 unspecified atom stereocenters. The molecule has 0 saturated carbocycles. The Labute approximate surface area is 190 Å². The number of ether oxygens (including phenoxy) is 1. The van der Waals surface area contributed by atoms with Crippen LogP contribution in [0.4, 0.5) is 5.69 Å². The molecule has 0 aromatic heterocycles. The second-order valence-corrected chi connectivity index (χ2v) is 8.14. The summed E-state index contributed by atoms with van der Waals surface area (Å²) in [5.41, 5.74) is 2.68. The molecule has 30 heavy (non-hydrogen) atoms. The van der Waals surface area contributed by atoms with Crippen LogP contribution in [0.1, 0.15) is 24.1 Å². The fraction of sp³-hybridized carbons (Fsp3) is 0.208. The van der Waals surface area contributed by atoms with Crippen molar-refractivity contribution in [3.63, 3.8) is 0 Å². The van der Waals surface area contributed by atoms with E-state index in [1.165, 1.54) is 0 Å². The van der Waals surface area contributed by atoms with E-state index in [9.17, 15) is 9.90 Å². The summed E-state index contributed by atoms with van der Waals surface area (Å²) in [4.78, 5) is 14.5. The third kappa shape index (κ3) is 5.63. The highest BCUT2D eigenvalue weighted by Crippen LogP contribution is 2.33. The number of aliphatic hydroxyl groups excluding tert-OH is 1. The van der Waals surface area contributed by atoms with Crippen molar-refractivity contribution >= 4 is 39.2 Å². The number of benzene rings is 3. The van der Waals surface area contributed by atoms with Crippen molar-refractivity contribution in [2.24, 2.45) is 0 Å². The summed E-state index contributed by atoms with van der Waals surface area (Å²) in [6.45, 7) is 2.39. The van der Waals surface area contributed by atoms with E-state index in [4.69, 9.17) is 16.3 Å². The molecule has 2 atom stereocenters. The third-order valence-electron chi connectivity index (χ3n) is 4.73. The maximum atomic E-state index is 12.5. The number of nitrogens with zero attached hydrogens (tertiary/aromatic N) is 1. The minimum absolute atomic E-state index is 0.201. The average Bonchev–Trinajstić information content (AvgIpc) is 2.76. The standard InChI is InChI=1S/C24H23BrClNO3/c1-2-30-24(29)23(28)22(18-6-4-3-5-7-18)27(21-14-10-19(25)11-15-21)16-17-8-12-20(26)13-9-17/h3-15,22-23,28H,2,16H2,1H3/t22-,23-/m1/s1. The van der Waals surface area contributed by atoms with Crippen LogP contribution in [0.15, 0.2) is 83.3 Å². The van der Waals surface area contributed by atoms with Gasteiger partial charge in [0.05, 0.1) is 12.6 Å². The predicted octanol–water partition coefficient (Wildman–Crippen LogP) is 5.77. The van der Waals surface area contributed by atoms with Crippen molar-refractivity contribution in [2.75, 3.05) is 11.5 Å². The quantitative estimate of drug-likeness (QED) is 0.409. The fourth-order valence-corrected chi connectivity index (χ4v) is 3.70. The van der Waals surface area contributed by atoms with Gasteiger partial charge in [-0.3, -0.25) is 0 Å². The lowest BCUT2D eigenvalue weighted by molar-refractivity contribution is -0.154. The van der Waals surface area contributed by atoms with Crippen molar-refractivity contribution in [3.05, 3.63) is 99.5 Å². The molecule has 3 aromatic rings. The molecule has 0 aliphatic rings. The average molecular weight is 489 g/mol. The van der Waals surface area contributed by atoms with Crippen LogP contribution in [0.3, 0.4) is 0 Å². The molecular formula is C24H23BrClNO3. The monoisotopic (exact) mass is 487 g/mol. The number of halogens is 2.